The number of ether oxygens (including phenoxy) is 1. The highest BCUT2D eigenvalue weighted by Gasteiger charge is 2.22. The van der Waals surface area contributed by atoms with Crippen LogP contribution in [-0.4, -0.2) is 35.0 Å². The number of Topliss-reactive ketones (excluding diaryl/α,β-unsaturated/α-hetero) is 1. The summed E-state index contributed by atoms with van der Waals surface area (Å²) >= 11 is 0. The van der Waals surface area contributed by atoms with Crippen LogP contribution in [0.2, 0.25) is 0 Å². The molecular formula is C13H14O6. The van der Waals surface area contributed by atoms with E-state index in [2.05, 4.69) is 0 Å². The minimum Gasteiger partial charge on any atom is -0.496 e. The van der Waals surface area contributed by atoms with Gasteiger partial charge in [-0.1, -0.05) is 6.92 Å². The lowest BCUT2D eigenvalue weighted by Gasteiger charge is -2.12. The lowest BCUT2D eigenvalue weighted by atomic mass is 9.95. The summed E-state index contributed by atoms with van der Waals surface area (Å²) in [6, 6.07) is 3.86. The van der Waals surface area contributed by atoms with E-state index in [-0.39, 0.29) is 23.3 Å². The first-order valence-electron chi connectivity index (χ1n) is 5.54. The van der Waals surface area contributed by atoms with E-state index >= 15 is 0 Å². The van der Waals surface area contributed by atoms with Crippen molar-refractivity contribution in [3.8, 4) is 5.75 Å². The number of carbonyl (C=O) groups excluding carboxylic acids is 1. The van der Waals surface area contributed by atoms with Gasteiger partial charge in [0.15, 0.2) is 5.78 Å². The van der Waals surface area contributed by atoms with Crippen LogP contribution in [0.3, 0.4) is 0 Å². The van der Waals surface area contributed by atoms with Crippen molar-refractivity contribution in [3.05, 3.63) is 29.3 Å². The van der Waals surface area contributed by atoms with Gasteiger partial charge in [0, 0.05) is 5.92 Å². The van der Waals surface area contributed by atoms with Crippen molar-refractivity contribution in [2.24, 2.45) is 5.92 Å². The second-order valence-corrected chi connectivity index (χ2v) is 4.08. The lowest BCUT2D eigenvalue weighted by molar-refractivity contribution is -0.137. The monoisotopic (exact) mass is 266 g/mol. The number of aromatic carboxylic acids is 1. The van der Waals surface area contributed by atoms with Gasteiger partial charge in [0.1, 0.15) is 5.75 Å². The van der Waals surface area contributed by atoms with E-state index in [9.17, 15) is 14.4 Å². The molecular weight excluding hydrogens is 252 g/mol. The van der Waals surface area contributed by atoms with Crippen molar-refractivity contribution in [1.82, 2.24) is 0 Å². The zero-order valence-electron chi connectivity index (χ0n) is 10.5. The van der Waals surface area contributed by atoms with Crippen LogP contribution < -0.4 is 4.74 Å². The molecule has 0 aliphatic rings. The van der Waals surface area contributed by atoms with Gasteiger partial charge in [-0.25, -0.2) is 4.79 Å². The second-order valence-electron chi connectivity index (χ2n) is 4.08. The Balaban J connectivity index is 3.09. The molecule has 0 amide bonds. The summed E-state index contributed by atoms with van der Waals surface area (Å²) in [7, 11) is 1.32. The van der Waals surface area contributed by atoms with Crippen LogP contribution >= 0.6 is 0 Å². The second kappa shape index (κ2) is 5.99. The van der Waals surface area contributed by atoms with Crippen molar-refractivity contribution in [1.29, 1.82) is 0 Å². The third-order valence-corrected chi connectivity index (χ3v) is 2.64. The Morgan fingerprint density at radius 2 is 1.89 bits per heavy atom. The molecule has 1 aromatic carbocycles. The Morgan fingerprint density at radius 1 is 1.26 bits per heavy atom. The molecule has 2 N–H and O–H groups in total. The predicted octanol–water partition coefficient (Wildman–Crippen LogP) is 1.69. The third kappa shape index (κ3) is 3.54. The minimum absolute atomic E-state index is 0.000660. The molecule has 0 heterocycles. The van der Waals surface area contributed by atoms with Crippen LogP contribution in [0.15, 0.2) is 18.2 Å². The van der Waals surface area contributed by atoms with Crippen molar-refractivity contribution in [2.45, 2.75) is 13.3 Å². The SMILES string of the molecule is COc1cc(C(=O)O)ccc1C(=O)C(C)CC(=O)O. The van der Waals surface area contributed by atoms with E-state index < -0.39 is 23.6 Å². The van der Waals surface area contributed by atoms with Crippen molar-refractivity contribution in [2.75, 3.05) is 7.11 Å². The predicted molar refractivity (Wildman–Crippen MR) is 65.7 cm³/mol. The third-order valence-electron chi connectivity index (χ3n) is 2.64. The zero-order chi connectivity index (χ0) is 14.6. The van der Waals surface area contributed by atoms with Crippen LogP contribution in [0, 0.1) is 5.92 Å². The van der Waals surface area contributed by atoms with Crippen molar-refractivity contribution >= 4 is 17.7 Å². The maximum absolute atomic E-state index is 12.1. The standard InChI is InChI=1S/C13H14O6/c1-7(5-11(14)15)12(16)9-4-3-8(13(17)18)6-10(9)19-2/h3-4,6-7H,5H2,1-2H3,(H,14,15)(H,17,18). The number of hydrogen-bond donors (Lipinski definition) is 2. The first-order valence-corrected chi connectivity index (χ1v) is 5.54. The Morgan fingerprint density at radius 3 is 2.37 bits per heavy atom. The average molecular weight is 266 g/mol. The highest BCUT2D eigenvalue weighted by molar-refractivity contribution is 6.02. The molecule has 0 saturated carbocycles. The molecule has 0 radical (unpaired) electrons. The summed E-state index contributed by atoms with van der Waals surface area (Å²) < 4.78 is 4.98. The molecule has 0 bridgehead atoms. The maximum atomic E-state index is 12.1. The van der Waals surface area contributed by atoms with Crippen LogP contribution in [0.5, 0.6) is 5.75 Å². The number of carboxylic acids is 2. The molecule has 0 saturated heterocycles. The smallest absolute Gasteiger partial charge is 0.335 e. The molecule has 19 heavy (non-hydrogen) atoms. The normalized spacial score (nSPS) is 11.7. The number of rotatable bonds is 6. The van der Waals surface area contributed by atoms with Gasteiger partial charge in [-0.05, 0) is 18.2 Å². The molecule has 102 valence electrons. The van der Waals surface area contributed by atoms with E-state index in [1.165, 1.54) is 32.2 Å². The van der Waals surface area contributed by atoms with Gasteiger partial charge in [-0.3, -0.25) is 9.59 Å². The highest BCUT2D eigenvalue weighted by atomic mass is 16.5. The zero-order valence-corrected chi connectivity index (χ0v) is 10.5. The number of benzene rings is 1. The minimum atomic E-state index is -1.13. The van der Waals surface area contributed by atoms with E-state index in [0.717, 1.165) is 0 Å². The van der Waals surface area contributed by atoms with Crippen LogP contribution in [-0.2, 0) is 4.79 Å². The summed E-state index contributed by atoms with van der Waals surface area (Å²) in [5.41, 5.74) is 0.181. The largest absolute Gasteiger partial charge is 0.496 e. The molecule has 1 aromatic rings. The topological polar surface area (TPSA) is 101 Å². The summed E-state index contributed by atoms with van der Waals surface area (Å²) in [4.78, 5) is 33.4. The number of hydrogen-bond acceptors (Lipinski definition) is 4. The molecule has 1 rings (SSSR count). The fraction of sp³-hybridized carbons (Fsp3) is 0.308. The summed E-state index contributed by atoms with van der Waals surface area (Å²) in [5.74, 6) is -3.17. The van der Waals surface area contributed by atoms with Crippen molar-refractivity contribution in [3.63, 3.8) is 0 Å². The maximum Gasteiger partial charge on any atom is 0.335 e. The molecule has 1 atom stereocenters. The Hall–Kier alpha value is -2.37. The summed E-state index contributed by atoms with van der Waals surface area (Å²) in [5, 5.41) is 17.5. The first kappa shape index (κ1) is 14.7. The van der Waals surface area contributed by atoms with Crippen molar-refractivity contribution < 1.29 is 29.3 Å². The summed E-state index contributed by atoms with van der Waals surface area (Å²) in [6.07, 6.45) is -0.289. The average Bonchev–Trinajstić information content (AvgIpc) is 2.36. The number of aliphatic carboxylic acids is 1. The van der Waals surface area contributed by atoms with Gasteiger partial charge >= 0.3 is 11.9 Å². The number of methoxy groups -OCH3 is 1. The molecule has 1 unspecified atom stereocenters. The fourth-order valence-electron chi connectivity index (χ4n) is 1.65. The van der Waals surface area contributed by atoms with Gasteiger partial charge in [0.2, 0.25) is 0 Å². The van der Waals surface area contributed by atoms with E-state index in [1.54, 1.807) is 0 Å². The number of carboxylic acid groups (broad SMARTS) is 2. The van der Waals surface area contributed by atoms with Gasteiger partial charge in [0.05, 0.1) is 24.7 Å². The van der Waals surface area contributed by atoms with E-state index in [4.69, 9.17) is 14.9 Å². The molecule has 0 spiro atoms. The molecule has 6 nitrogen and oxygen atoms in total. The van der Waals surface area contributed by atoms with E-state index in [0.29, 0.717) is 0 Å². The van der Waals surface area contributed by atoms with E-state index in [1.807, 2.05) is 0 Å². The molecule has 0 aromatic heterocycles. The Labute approximate surface area is 109 Å². The molecule has 0 aliphatic heterocycles. The van der Waals surface area contributed by atoms with Crippen LogP contribution in [0.25, 0.3) is 0 Å². The van der Waals surface area contributed by atoms with Gasteiger partial charge in [-0.2, -0.15) is 0 Å². The van der Waals surface area contributed by atoms with Gasteiger partial charge in [0.25, 0.3) is 0 Å². The fourth-order valence-corrected chi connectivity index (χ4v) is 1.65. The van der Waals surface area contributed by atoms with Crippen LogP contribution in [0.4, 0.5) is 0 Å². The molecule has 0 aliphatic carbocycles. The Kier molecular flexibility index (Phi) is 4.63. The lowest BCUT2D eigenvalue weighted by Crippen LogP contribution is -2.16. The molecule has 0 fully saturated rings. The summed E-state index contributed by atoms with van der Waals surface area (Å²) in [6.45, 7) is 1.50. The van der Waals surface area contributed by atoms with Gasteiger partial charge in [-0.15, -0.1) is 0 Å². The number of ketones is 1. The van der Waals surface area contributed by atoms with Gasteiger partial charge < -0.3 is 14.9 Å². The number of carbonyl (C=O) groups is 3. The Bertz CT molecular complexity index is 520. The van der Waals surface area contributed by atoms with Crippen LogP contribution in [0.1, 0.15) is 34.1 Å². The highest BCUT2D eigenvalue weighted by Crippen LogP contribution is 2.24. The first-order chi connectivity index (χ1) is 8.86. The quantitative estimate of drug-likeness (QED) is 0.760. The molecule has 6 heteroatoms.